The van der Waals surface area contributed by atoms with Gasteiger partial charge in [-0.1, -0.05) is 24.3 Å². The lowest BCUT2D eigenvalue weighted by molar-refractivity contribution is -0.274. The van der Waals surface area contributed by atoms with Crippen LogP contribution in [0.1, 0.15) is 5.56 Å². The van der Waals surface area contributed by atoms with Crippen molar-refractivity contribution < 1.29 is 17.9 Å². The summed E-state index contributed by atoms with van der Waals surface area (Å²) in [5.41, 5.74) is 8.61. The third kappa shape index (κ3) is 3.19. The Morgan fingerprint density at radius 1 is 1.00 bits per heavy atom. The average molecular weight is 267 g/mol. The fraction of sp³-hybridized carbons (Fsp3) is 0.143. The zero-order valence-electron chi connectivity index (χ0n) is 10.2. The number of hydrogen-bond acceptors (Lipinski definition) is 2. The van der Waals surface area contributed by atoms with Crippen LogP contribution in [0.25, 0.3) is 11.1 Å². The molecule has 19 heavy (non-hydrogen) atoms. The van der Waals surface area contributed by atoms with Gasteiger partial charge in [0.2, 0.25) is 0 Å². The van der Waals surface area contributed by atoms with E-state index >= 15 is 0 Å². The number of anilines is 1. The van der Waals surface area contributed by atoms with Crippen molar-refractivity contribution in [3.05, 3.63) is 48.0 Å². The summed E-state index contributed by atoms with van der Waals surface area (Å²) in [5.74, 6) is -0.317. The lowest BCUT2D eigenvalue weighted by atomic mass is 9.99. The van der Waals surface area contributed by atoms with Gasteiger partial charge in [0.1, 0.15) is 5.75 Å². The van der Waals surface area contributed by atoms with E-state index in [1.807, 2.05) is 31.2 Å². The number of aryl methyl sites for hydroxylation is 1. The van der Waals surface area contributed by atoms with Gasteiger partial charge in [0.05, 0.1) is 0 Å². The summed E-state index contributed by atoms with van der Waals surface area (Å²) in [6.07, 6.45) is -4.71. The van der Waals surface area contributed by atoms with Gasteiger partial charge in [-0.15, -0.1) is 13.2 Å². The fourth-order valence-corrected chi connectivity index (χ4v) is 1.86. The molecule has 0 heterocycles. The van der Waals surface area contributed by atoms with E-state index in [2.05, 4.69) is 4.74 Å². The van der Waals surface area contributed by atoms with Gasteiger partial charge in [-0.2, -0.15) is 0 Å². The van der Waals surface area contributed by atoms with E-state index in [0.29, 0.717) is 5.56 Å². The highest BCUT2D eigenvalue weighted by atomic mass is 19.4. The number of hydrogen-bond donors (Lipinski definition) is 1. The Labute approximate surface area is 108 Å². The maximum absolute atomic E-state index is 12.1. The molecule has 2 N–H and O–H groups in total. The van der Waals surface area contributed by atoms with E-state index in [0.717, 1.165) is 11.1 Å². The zero-order chi connectivity index (χ0) is 14.0. The van der Waals surface area contributed by atoms with Crippen LogP contribution in [0.15, 0.2) is 42.5 Å². The molecule has 5 heteroatoms. The van der Waals surface area contributed by atoms with Crippen molar-refractivity contribution in [1.82, 2.24) is 0 Å². The minimum absolute atomic E-state index is 0.246. The third-order valence-corrected chi connectivity index (χ3v) is 2.69. The molecule has 0 aliphatic rings. The molecule has 0 radical (unpaired) electrons. The van der Waals surface area contributed by atoms with E-state index in [1.54, 1.807) is 0 Å². The zero-order valence-corrected chi connectivity index (χ0v) is 10.2. The highest BCUT2D eigenvalue weighted by molar-refractivity contribution is 5.79. The summed E-state index contributed by atoms with van der Waals surface area (Å²) in [4.78, 5) is 0. The summed E-state index contributed by atoms with van der Waals surface area (Å²) < 4.78 is 40.1. The first kappa shape index (κ1) is 13.3. The minimum atomic E-state index is -4.71. The number of rotatable bonds is 2. The predicted octanol–water partition coefficient (Wildman–Crippen LogP) is 4.14. The quantitative estimate of drug-likeness (QED) is 0.830. The number of ether oxygens (including phenoxy) is 1. The van der Waals surface area contributed by atoms with Gasteiger partial charge in [0.15, 0.2) is 0 Å². The van der Waals surface area contributed by atoms with Crippen LogP contribution in [-0.4, -0.2) is 6.36 Å². The summed E-state index contributed by atoms with van der Waals surface area (Å²) in [6, 6.07) is 11.5. The van der Waals surface area contributed by atoms with Crippen LogP contribution >= 0.6 is 0 Å². The lowest BCUT2D eigenvalue weighted by Crippen LogP contribution is -2.17. The predicted molar refractivity (Wildman–Crippen MR) is 67.7 cm³/mol. The van der Waals surface area contributed by atoms with Crippen LogP contribution in [0, 0.1) is 6.92 Å². The first-order chi connectivity index (χ1) is 8.87. The molecule has 0 bridgehead atoms. The molecule has 0 aliphatic carbocycles. The largest absolute Gasteiger partial charge is 0.573 e. The molecular weight excluding hydrogens is 255 g/mol. The van der Waals surface area contributed by atoms with Gasteiger partial charge in [-0.25, -0.2) is 0 Å². The van der Waals surface area contributed by atoms with Crippen molar-refractivity contribution in [3.8, 4) is 16.9 Å². The van der Waals surface area contributed by atoms with Gasteiger partial charge in [0.25, 0.3) is 0 Å². The topological polar surface area (TPSA) is 35.2 Å². The first-order valence-electron chi connectivity index (χ1n) is 5.58. The molecule has 0 fully saturated rings. The summed E-state index contributed by atoms with van der Waals surface area (Å²) in [5, 5.41) is 0. The summed E-state index contributed by atoms with van der Waals surface area (Å²) in [7, 11) is 0. The smallest absolute Gasteiger partial charge is 0.406 e. The number of benzene rings is 2. The molecule has 0 atom stereocenters. The van der Waals surface area contributed by atoms with E-state index < -0.39 is 6.36 Å². The second-order valence-electron chi connectivity index (χ2n) is 4.11. The van der Waals surface area contributed by atoms with E-state index in [1.165, 1.54) is 18.2 Å². The summed E-state index contributed by atoms with van der Waals surface area (Å²) in [6.45, 7) is 1.91. The van der Waals surface area contributed by atoms with Crippen molar-refractivity contribution in [1.29, 1.82) is 0 Å². The van der Waals surface area contributed by atoms with E-state index in [-0.39, 0.29) is 11.4 Å². The van der Waals surface area contributed by atoms with Crippen LogP contribution in [0.5, 0.6) is 5.75 Å². The molecule has 2 aromatic rings. The van der Waals surface area contributed by atoms with Gasteiger partial charge in [0, 0.05) is 17.3 Å². The van der Waals surface area contributed by atoms with Crippen molar-refractivity contribution >= 4 is 5.69 Å². The van der Waals surface area contributed by atoms with E-state index in [9.17, 15) is 13.2 Å². The SMILES string of the molecule is Cc1ccccc1-c1ccc(OC(F)(F)F)cc1N. The van der Waals surface area contributed by atoms with E-state index in [4.69, 9.17) is 5.73 Å². The normalized spacial score (nSPS) is 11.4. The maximum Gasteiger partial charge on any atom is 0.573 e. The van der Waals surface area contributed by atoms with Crippen LogP contribution in [0.4, 0.5) is 18.9 Å². The number of halogens is 3. The molecule has 2 aromatic carbocycles. The van der Waals surface area contributed by atoms with Crippen molar-refractivity contribution in [3.63, 3.8) is 0 Å². The van der Waals surface area contributed by atoms with Crippen molar-refractivity contribution in [2.24, 2.45) is 0 Å². The molecule has 2 nitrogen and oxygen atoms in total. The Kier molecular flexibility index (Phi) is 3.38. The lowest BCUT2D eigenvalue weighted by Gasteiger charge is -2.12. The van der Waals surface area contributed by atoms with Gasteiger partial charge >= 0.3 is 6.36 Å². The third-order valence-electron chi connectivity index (χ3n) is 2.69. The van der Waals surface area contributed by atoms with Gasteiger partial charge < -0.3 is 10.5 Å². The number of alkyl halides is 3. The Bertz CT molecular complexity index is 593. The standard InChI is InChI=1S/C14H12F3NO/c1-9-4-2-3-5-11(9)12-7-6-10(8-13(12)18)19-14(15,16)17/h2-8H,18H2,1H3. The molecule has 0 aliphatic heterocycles. The van der Waals surface area contributed by atoms with Crippen LogP contribution < -0.4 is 10.5 Å². The molecule has 0 unspecified atom stereocenters. The molecule has 2 rings (SSSR count). The Balaban J connectivity index is 2.38. The maximum atomic E-state index is 12.1. The highest BCUT2D eigenvalue weighted by Gasteiger charge is 2.31. The van der Waals surface area contributed by atoms with Crippen molar-refractivity contribution in [2.45, 2.75) is 13.3 Å². The Hall–Kier alpha value is -2.17. The van der Waals surface area contributed by atoms with Gasteiger partial charge in [-0.3, -0.25) is 0 Å². The average Bonchev–Trinajstić information content (AvgIpc) is 2.28. The molecule has 0 aromatic heterocycles. The molecular formula is C14H12F3NO. The second-order valence-corrected chi connectivity index (χ2v) is 4.11. The highest BCUT2D eigenvalue weighted by Crippen LogP contribution is 2.33. The summed E-state index contributed by atoms with van der Waals surface area (Å²) >= 11 is 0. The minimum Gasteiger partial charge on any atom is -0.406 e. The molecule has 0 saturated heterocycles. The fourth-order valence-electron chi connectivity index (χ4n) is 1.86. The molecule has 100 valence electrons. The van der Waals surface area contributed by atoms with Crippen LogP contribution in [0.2, 0.25) is 0 Å². The molecule has 0 saturated carbocycles. The molecule has 0 amide bonds. The second kappa shape index (κ2) is 4.84. The van der Waals surface area contributed by atoms with Gasteiger partial charge in [-0.05, 0) is 30.2 Å². The van der Waals surface area contributed by atoms with Crippen LogP contribution in [0.3, 0.4) is 0 Å². The monoisotopic (exact) mass is 267 g/mol. The Morgan fingerprint density at radius 3 is 2.26 bits per heavy atom. The Morgan fingerprint density at radius 2 is 1.68 bits per heavy atom. The molecule has 0 spiro atoms. The van der Waals surface area contributed by atoms with Crippen molar-refractivity contribution in [2.75, 3.05) is 5.73 Å². The first-order valence-corrected chi connectivity index (χ1v) is 5.58. The number of nitrogens with two attached hydrogens (primary N) is 1. The number of nitrogen functional groups attached to an aromatic ring is 1. The van der Waals surface area contributed by atoms with Crippen LogP contribution in [-0.2, 0) is 0 Å².